The Hall–Kier alpha value is -0.570. The molecule has 1 rings (SSSR count). The summed E-state index contributed by atoms with van der Waals surface area (Å²) in [5, 5.41) is 0. The van der Waals surface area contributed by atoms with Gasteiger partial charge in [-0.1, -0.05) is 0 Å². The average Bonchev–Trinajstić information content (AvgIpc) is 2.79. The summed E-state index contributed by atoms with van der Waals surface area (Å²) in [7, 11) is -5.56. The molecule has 0 fully saturated rings. The fourth-order valence-electron chi connectivity index (χ4n) is 1.82. The molecule has 0 N–H and O–H groups in total. The number of nitrogens with zero attached hydrogens (tertiary/aromatic N) is 2. The van der Waals surface area contributed by atoms with Gasteiger partial charge in [-0.25, -0.2) is 16.8 Å². The van der Waals surface area contributed by atoms with Crippen LogP contribution in [0.3, 0.4) is 0 Å². The molecule has 0 bridgehead atoms. The summed E-state index contributed by atoms with van der Waals surface area (Å²) in [5.74, 6) is -0.00324. The molecule has 0 radical (unpaired) electrons. The quantitative estimate of drug-likeness (QED) is 0.693. The van der Waals surface area contributed by atoms with Crippen LogP contribution < -0.4 is 0 Å². The minimum Gasteiger partial charge on any atom is -0.346 e. The summed E-state index contributed by atoms with van der Waals surface area (Å²) >= 11 is 5.83. The highest BCUT2D eigenvalue weighted by Crippen LogP contribution is 2.22. The lowest BCUT2D eigenvalue weighted by Gasteiger charge is -2.15. The van der Waals surface area contributed by atoms with E-state index in [9.17, 15) is 16.8 Å². The van der Waals surface area contributed by atoms with Gasteiger partial charge in [-0.05, 0) is 19.9 Å². The second-order valence-corrected chi connectivity index (χ2v) is 9.83. The highest BCUT2D eigenvalue weighted by Gasteiger charge is 2.24. The molecule has 1 aromatic rings. The third kappa shape index (κ3) is 4.70. The third-order valence-electron chi connectivity index (χ3n) is 3.09. The lowest BCUT2D eigenvalue weighted by Crippen LogP contribution is -2.31. The van der Waals surface area contributed by atoms with E-state index in [1.165, 1.54) is 19.3 Å². The Balaban J connectivity index is 3.07. The number of aromatic nitrogens is 1. The van der Waals surface area contributed by atoms with E-state index < -0.39 is 19.9 Å². The zero-order valence-corrected chi connectivity index (χ0v) is 15.0. The van der Waals surface area contributed by atoms with Crippen molar-refractivity contribution >= 4 is 31.5 Å². The SMILES string of the molecule is CC(C)n1cc(S(=O)(=O)N(C)CCS(C)(=O)=O)cc1CCl. The summed E-state index contributed by atoms with van der Waals surface area (Å²) in [6.45, 7) is 3.78. The van der Waals surface area contributed by atoms with E-state index in [2.05, 4.69) is 0 Å². The van der Waals surface area contributed by atoms with Crippen LogP contribution in [-0.4, -0.2) is 51.3 Å². The molecule has 1 aromatic heterocycles. The van der Waals surface area contributed by atoms with Crippen LogP contribution in [0.5, 0.6) is 0 Å². The fourth-order valence-corrected chi connectivity index (χ4v) is 3.98. The lowest BCUT2D eigenvalue weighted by atomic mass is 10.4. The summed E-state index contributed by atoms with van der Waals surface area (Å²) in [5.41, 5.74) is 0.710. The van der Waals surface area contributed by atoms with Crippen molar-refractivity contribution in [3.63, 3.8) is 0 Å². The van der Waals surface area contributed by atoms with Crippen LogP contribution in [0.15, 0.2) is 17.2 Å². The van der Waals surface area contributed by atoms with E-state index in [1.807, 2.05) is 13.8 Å². The smallest absolute Gasteiger partial charge is 0.244 e. The van der Waals surface area contributed by atoms with E-state index in [4.69, 9.17) is 11.6 Å². The first-order valence-electron chi connectivity index (χ1n) is 6.40. The van der Waals surface area contributed by atoms with Crippen molar-refractivity contribution in [1.82, 2.24) is 8.87 Å². The van der Waals surface area contributed by atoms with E-state index in [-0.39, 0.29) is 29.1 Å². The Labute approximate surface area is 131 Å². The normalized spacial score (nSPS) is 13.3. The molecule has 1 heterocycles. The van der Waals surface area contributed by atoms with Crippen molar-refractivity contribution in [2.24, 2.45) is 0 Å². The zero-order chi connectivity index (χ0) is 16.4. The maximum atomic E-state index is 12.4. The van der Waals surface area contributed by atoms with E-state index in [1.54, 1.807) is 4.57 Å². The summed E-state index contributed by atoms with van der Waals surface area (Å²) in [4.78, 5) is 0.128. The van der Waals surface area contributed by atoms with Crippen molar-refractivity contribution in [2.45, 2.75) is 30.7 Å². The minimum atomic E-state index is -3.72. The van der Waals surface area contributed by atoms with Gasteiger partial charge in [0.15, 0.2) is 0 Å². The van der Waals surface area contributed by atoms with Gasteiger partial charge in [0.1, 0.15) is 14.7 Å². The maximum absolute atomic E-state index is 12.4. The number of halogens is 1. The fraction of sp³-hybridized carbons (Fsp3) is 0.667. The molecule has 122 valence electrons. The second kappa shape index (κ2) is 6.68. The molecule has 0 aliphatic heterocycles. The van der Waals surface area contributed by atoms with E-state index >= 15 is 0 Å². The molecule has 6 nitrogen and oxygen atoms in total. The molecule has 0 aliphatic rings. The van der Waals surface area contributed by atoms with Gasteiger partial charge in [0.25, 0.3) is 0 Å². The Morgan fingerprint density at radius 2 is 1.86 bits per heavy atom. The zero-order valence-electron chi connectivity index (χ0n) is 12.6. The number of sulfone groups is 1. The summed E-state index contributed by atoms with van der Waals surface area (Å²) in [6.07, 6.45) is 2.61. The van der Waals surface area contributed by atoms with Crippen LogP contribution in [0.25, 0.3) is 0 Å². The Morgan fingerprint density at radius 3 is 2.24 bits per heavy atom. The molecule has 9 heteroatoms. The van der Waals surface area contributed by atoms with Crippen molar-refractivity contribution in [3.05, 3.63) is 18.0 Å². The lowest BCUT2D eigenvalue weighted by molar-refractivity contribution is 0.484. The van der Waals surface area contributed by atoms with E-state index in [0.29, 0.717) is 5.69 Å². The number of hydrogen-bond acceptors (Lipinski definition) is 4. The molecule has 0 spiro atoms. The molecule has 0 unspecified atom stereocenters. The highest BCUT2D eigenvalue weighted by atomic mass is 35.5. The van der Waals surface area contributed by atoms with E-state index in [0.717, 1.165) is 10.6 Å². The first-order chi connectivity index (χ1) is 9.49. The second-order valence-electron chi connectivity index (χ2n) is 5.26. The van der Waals surface area contributed by atoms with Crippen LogP contribution in [0.1, 0.15) is 25.6 Å². The number of hydrogen-bond donors (Lipinski definition) is 0. The Morgan fingerprint density at radius 1 is 1.29 bits per heavy atom. The minimum absolute atomic E-state index is 0.0791. The van der Waals surface area contributed by atoms with Gasteiger partial charge < -0.3 is 4.57 Å². The Kier molecular flexibility index (Phi) is 5.88. The predicted molar refractivity (Wildman–Crippen MR) is 83.9 cm³/mol. The van der Waals surface area contributed by atoms with Gasteiger partial charge in [-0.3, -0.25) is 0 Å². The van der Waals surface area contributed by atoms with Gasteiger partial charge in [0, 0.05) is 37.8 Å². The van der Waals surface area contributed by atoms with Gasteiger partial charge in [0.05, 0.1) is 11.6 Å². The third-order valence-corrected chi connectivity index (χ3v) is 6.11. The standard InChI is InChI=1S/C12H21ClN2O4S2/c1-10(2)15-9-12(7-11(15)8-13)21(18,19)14(3)5-6-20(4,16)17/h7,9-10H,5-6,8H2,1-4H3. The van der Waals surface area contributed by atoms with Crippen LogP contribution in [0.2, 0.25) is 0 Å². The Bertz CT molecular complexity index is 693. The average molecular weight is 357 g/mol. The topological polar surface area (TPSA) is 76.5 Å². The first kappa shape index (κ1) is 18.5. The summed E-state index contributed by atoms with van der Waals surface area (Å²) in [6, 6.07) is 1.61. The van der Waals surface area contributed by atoms with Crippen molar-refractivity contribution < 1.29 is 16.8 Å². The van der Waals surface area contributed by atoms with Crippen LogP contribution >= 0.6 is 11.6 Å². The number of alkyl halides is 1. The highest BCUT2D eigenvalue weighted by molar-refractivity contribution is 7.91. The number of rotatable bonds is 7. The summed E-state index contributed by atoms with van der Waals surface area (Å²) < 4.78 is 50.0. The molecular weight excluding hydrogens is 336 g/mol. The molecular formula is C12H21ClN2O4S2. The van der Waals surface area contributed by atoms with Gasteiger partial charge >= 0.3 is 0 Å². The predicted octanol–water partition coefficient (Wildman–Crippen LogP) is 1.47. The van der Waals surface area contributed by atoms with Crippen LogP contribution in [-0.2, 0) is 25.7 Å². The van der Waals surface area contributed by atoms with Gasteiger partial charge in [0.2, 0.25) is 10.0 Å². The van der Waals surface area contributed by atoms with Crippen molar-refractivity contribution in [2.75, 3.05) is 25.6 Å². The van der Waals surface area contributed by atoms with Crippen LogP contribution in [0, 0.1) is 0 Å². The first-order valence-corrected chi connectivity index (χ1v) is 10.4. The van der Waals surface area contributed by atoms with Gasteiger partial charge in [-0.2, -0.15) is 4.31 Å². The van der Waals surface area contributed by atoms with Crippen LogP contribution in [0.4, 0.5) is 0 Å². The molecule has 0 saturated carbocycles. The molecule has 0 aliphatic carbocycles. The van der Waals surface area contributed by atoms with Crippen molar-refractivity contribution in [1.29, 1.82) is 0 Å². The van der Waals surface area contributed by atoms with Gasteiger partial charge in [-0.15, -0.1) is 11.6 Å². The molecule has 0 amide bonds. The molecule has 0 saturated heterocycles. The molecule has 21 heavy (non-hydrogen) atoms. The maximum Gasteiger partial charge on any atom is 0.244 e. The largest absolute Gasteiger partial charge is 0.346 e. The monoisotopic (exact) mass is 356 g/mol. The molecule has 0 atom stereocenters. The molecule has 0 aromatic carbocycles. The van der Waals surface area contributed by atoms with Crippen molar-refractivity contribution in [3.8, 4) is 0 Å². The number of sulfonamides is 1.